The maximum Gasteiger partial charge on any atom is 0.309 e. The highest BCUT2D eigenvalue weighted by atomic mass is 16.6. The number of carbonyl (C=O) groups is 2. The van der Waals surface area contributed by atoms with Crippen LogP contribution in [-0.2, 0) is 23.8 Å². The van der Waals surface area contributed by atoms with E-state index in [1.165, 1.54) is 0 Å². The van der Waals surface area contributed by atoms with Crippen LogP contribution in [0.15, 0.2) is 0 Å². The lowest BCUT2D eigenvalue weighted by molar-refractivity contribution is -0.151. The molecule has 6 heteroatoms. The van der Waals surface area contributed by atoms with Gasteiger partial charge in [-0.15, -0.1) is 0 Å². The number of hydrogen-bond acceptors (Lipinski definition) is 6. The van der Waals surface area contributed by atoms with Crippen LogP contribution in [0.2, 0.25) is 0 Å². The highest BCUT2D eigenvalue weighted by Crippen LogP contribution is 2.49. The van der Waals surface area contributed by atoms with Gasteiger partial charge in [0.15, 0.2) is 0 Å². The Morgan fingerprint density at radius 2 is 1.48 bits per heavy atom. The lowest BCUT2D eigenvalue weighted by atomic mass is 9.80. The van der Waals surface area contributed by atoms with E-state index in [0.29, 0.717) is 38.9 Å². The van der Waals surface area contributed by atoms with E-state index >= 15 is 0 Å². The lowest BCUT2D eigenvalue weighted by Crippen LogP contribution is -2.33. The number of hydrogen-bond donors (Lipinski definition) is 1. The van der Waals surface area contributed by atoms with Crippen molar-refractivity contribution >= 4 is 11.9 Å². The standard InChI is InChI=1S/C21H34O6/c1-20(24)9-6-15(7-10-20)18(22)25-12-4-3-5-13-26-19(23)16-8-11-21(2)17(14-16)27-21/h15-17,24H,3-14H2,1-2H3. The third-order valence-electron chi connectivity index (χ3n) is 6.53. The molecular formula is C21H34O6. The zero-order valence-electron chi connectivity index (χ0n) is 16.7. The Bertz CT molecular complexity index is 535. The minimum Gasteiger partial charge on any atom is -0.465 e. The number of aliphatic hydroxyl groups is 1. The second kappa shape index (κ2) is 8.48. The van der Waals surface area contributed by atoms with Crippen LogP contribution < -0.4 is 0 Å². The molecule has 3 aliphatic rings. The van der Waals surface area contributed by atoms with Gasteiger partial charge >= 0.3 is 11.9 Å². The van der Waals surface area contributed by atoms with Crippen molar-refractivity contribution in [2.75, 3.05) is 13.2 Å². The van der Waals surface area contributed by atoms with Crippen molar-refractivity contribution in [3.05, 3.63) is 0 Å². The van der Waals surface area contributed by atoms with E-state index in [0.717, 1.165) is 38.5 Å². The molecule has 2 aliphatic carbocycles. The van der Waals surface area contributed by atoms with Gasteiger partial charge in [0.25, 0.3) is 0 Å². The van der Waals surface area contributed by atoms with Crippen molar-refractivity contribution in [3.8, 4) is 0 Å². The Labute approximate surface area is 161 Å². The molecule has 0 aromatic carbocycles. The average molecular weight is 382 g/mol. The molecular weight excluding hydrogens is 348 g/mol. The van der Waals surface area contributed by atoms with Crippen molar-refractivity contribution in [2.24, 2.45) is 11.8 Å². The molecule has 2 saturated carbocycles. The summed E-state index contributed by atoms with van der Waals surface area (Å²) in [6.07, 6.45) is 8.01. The molecule has 0 bridgehead atoms. The number of esters is 2. The van der Waals surface area contributed by atoms with Gasteiger partial charge in [0.2, 0.25) is 0 Å². The summed E-state index contributed by atoms with van der Waals surface area (Å²) in [5.74, 6) is -0.308. The second-order valence-corrected chi connectivity index (χ2v) is 9.06. The van der Waals surface area contributed by atoms with Gasteiger partial charge in [-0.1, -0.05) is 0 Å². The van der Waals surface area contributed by atoms with E-state index in [4.69, 9.17) is 14.2 Å². The van der Waals surface area contributed by atoms with Gasteiger partial charge in [0.1, 0.15) is 0 Å². The predicted octanol–water partition coefficient (Wildman–Crippen LogP) is 3.14. The Morgan fingerprint density at radius 3 is 2.07 bits per heavy atom. The van der Waals surface area contributed by atoms with Crippen LogP contribution >= 0.6 is 0 Å². The summed E-state index contributed by atoms with van der Waals surface area (Å²) in [4.78, 5) is 24.1. The molecule has 3 atom stereocenters. The van der Waals surface area contributed by atoms with Crippen molar-refractivity contribution in [2.45, 2.75) is 95.4 Å². The van der Waals surface area contributed by atoms with Crippen LogP contribution in [0.5, 0.6) is 0 Å². The maximum atomic E-state index is 12.1. The second-order valence-electron chi connectivity index (χ2n) is 9.06. The number of carbonyl (C=O) groups excluding carboxylic acids is 2. The number of ether oxygens (including phenoxy) is 3. The first kappa shape index (κ1) is 20.6. The highest BCUT2D eigenvalue weighted by Gasteiger charge is 2.56. The lowest BCUT2D eigenvalue weighted by Gasteiger charge is -2.31. The van der Waals surface area contributed by atoms with Gasteiger partial charge in [0.05, 0.1) is 42.4 Å². The van der Waals surface area contributed by atoms with Crippen LogP contribution in [0, 0.1) is 11.8 Å². The molecule has 0 spiro atoms. The van der Waals surface area contributed by atoms with Gasteiger partial charge < -0.3 is 19.3 Å². The Balaban J connectivity index is 1.18. The Kier molecular flexibility index (Phi) is 6.46. The topological polar surface area (TPSA) is 85.4 Å². The summed E-state index contributed by atoms with van der Waals surface area (Å²) in [6, 6.07) is 0. The van der Waals surface area contributed by atoms with Crippen molar-refractivity contribution < 1.29 is 28.9 Å². The molecule has 1 heterocycles. The normalized spacial score (nSPS) is 38.0. The maximum absolute atomic E-state index is 12.1. The quantitative estimate of drug-likeness (QED) is 0.394. The largest absolute Gasteiger partial charge is 0.465 e. The van der Waals surface area contributed by atoms with Gasteiger partial charge in [-0.05, 0) is 78.1 Å². The SMILES string of the molecule is CC1(O)CCC(C(=O)OCCCCCOC(=O)C2CCC3(C)OC3C2)CC1. The highest BCUT2D eigenvalue weighted by molar-refractivity contribution is 5.73. The molecule has 0 radical (unpaired) electrons. The zero-order valence-corrected chi connectivity index (χ0v) is 16.7. The van der Waals surface area contributed by atoms with Crippen LogP contribution in [0.4, 0.5) is 0 Å². The molecule has 3 fully saturated rings. The molecule has 3 rings (SSSR count). The summed E-state index contributed by atoms with van der Waals surface area (Å²) >= 11 is 0. The molecule has 27 heavy (non-hydrogen) atoms. The van der Waals surface area contributed by atoms with Crippen LogP contribution in [0.1, 0.15) is 78.1 Å². The van der Waals surface area contributed by atoms with Crippen LogP contribution in [0.3, 0.4) is 0 Å². The Hall–Kier alpha value is -1.14. The predicted molar refractivity (Wildman–Crippen MR) is 99.0 cm³/mol. The average Bonchev–Trinajstić information content (AvgIpc) is 3.30. The number of fused-ring (bicyclic) bond motifs is 1. The van der Waals surface area contributed by atoms with E-state index in [-0.39, 0.29) is 35.5 Å². The summed E-state index contributed by atoms with van der Waals surface area (Å²) in [5.41, 5.74) is -0.596. The minimum atomic E-state index is -0.628. The van der Waals surface area contributed by atoms with E-state index < -0.39 is 5.60 Å². The smallest absolute Gasteiger partial charge is 0.309 e. The third-order valence-corrected chi connectivity index (χ3v) is 6.53. The zero-order chi connectivity index (χ0) is 19.5. The molecule has 1 N–H and O–H groups in total. The number of epoxide rings is 1. The number of unbranched alkanes of at least 4 members (excludes halogenated alkanes) is 2. The first-order valence-electron chi connectivity index (χ1n) is 10.5. The van der Waals surface area contributed by atoms with E-state index in [2.05, 4.69) is 6.92 Å². The summed E-state index contributed by atoms with van der Waals surface area (Å²) in [5, 5.41) is 9.92. The molecule has 0 aromatic heterocycles. The molecule has 0 amide bonds. The van der Waals surface area contributed by atoms with E-state index in [1.807, 2.05) is 6.92 Å². The minimum absolute atomic E-state index is 0.0113. The van der Waals surface area contributed by atoms with Crippen molar-refractivity contribution in [1.82, 2.24) is 0 Å². The molecule has 6 nitrogen and oxygen atoms in total. The third kappa shape index (κ3) is 5.67. The van der Waals surface area contributed by atoms with E-state index in [1.54, 1.807) is 0 Å². The first-order valence-corrected chi connectivity index (χ1v) is 10.5. The summed E-state index contributed by atoms with van der Waals surface area (Å²) in [7, 11) is 0. The Morgan fingerprint density at radius 1 is 0.926 bits per heavy atom. The van der Waals surface area contributed by atoms with Gasteiger partial charge in [-0.25, -0.2) is 0 Å². The fraction of sp³-hybridized carbons (Fsp3) is 0.905. The summed E-state index contributed by atoms with van der Waals surface area (Å²) in [6.45, 7) is 4.79. The fourth-order valence-corrected chi connectivity index (χ4v) is 4.30. The van der Waals surface area contributed by atoms with Crippen LogP contribution in [-0.4, -0.2) is 47.6 Å². The van der Waals surface area contributed by atoms with Gasteiger partial charge in [0, 0.05) is 0 Å². The van der Waals surface area contributed by atoms with E-state index in [9.17, 15) is 14.7 Å². The van der Waals surface area contributed by atoms with Gasteiger partial charge in [-0.2, -0.15) is 0 Å². The molecule has 1 aliphatic heterocycles. The molecule has 0 aromatic rings. The number of rotatable bonds is 8. The molecule has 154 valence electrons. The van der Waals surface area contributed by atoms with Crippen LogP contribution in [0.25, 0.3) is 0 Å². The first-order chi connectivity index (χ1) is 12.8. The fourth-order valence-electron chi connectivity index (χ4n) is 4.30. The van der Waals surface area contributed by atoms with Crippen molar-refractivity contribution in [1.29, 1.82) is 0 Å². The van der Waals surface area contributed by atoms with Crippen molar-refractivity contribution in [3.63, 3.8) is 0 Å². The monoisotopic (exact) mass is 382 g/mol. The van der Waals surface area contributed by atoms with Gasteiger partial charge in [-0.3, -0.25) is 9.59 Å². The molecule has 3 unspecified atom stereocenters. The summed E-state index contributed by atoms with van der Waals surface area (Å²) < 4.78 is 16.4. The molecule has 1 saturated heterocycles.